The SMILES string of the molecule is CCCC(CCC)S(=O)(=O)C[C@@H](NC(=O)OCCNC(C)=O)C(=O)O[C@H](CNC1CC1)[C@@H](N)Cc1cc(F)cc(F)c1. The lowest BCUT2D eigenvalue weighted by Gasteiger charge is -2.28. The van der Waals surface area contributed by atoms with Crippen LogP contribution in [0.2, 0.25) is 0 Å². The van der Waals surface area contributed by atoms with Crippen molar-refractivity contribution in [3.63, 3.8) is 0 Å². The molecule has 0 heterocycles. The molecular weight excluding hydrogens is 574 g/mol. The number of ether oxygens (including phenoxy) is 2. The van der Waals surface area contributed by atoms with E-state index in [-0.39, 0.29) is 43.6 Å². The summed E-state index contributed by atoms with van der Waals surface area (Å²) in [6.07, 6.45) is 1.76. The molecule has 1 aromatic rings. The van der Waals surface area contributed by atoms with Gasteiger partial charge in [-0.05, 0) is 49.8 Å². The fourth-order valence-electron chi connectivity index (χ4n) is 4.45. The second kappa shape index (κ2) is 17.3. The van der Waals surface area contributed by atoms with Gasteiger partial charge < -0.3 is 31.2 Å². The Kier molecular flexibility index (Phi) is 14.6. The maximum atomic E-state index is 13.8. The Bertz CT molecular complexity index is 1120. The number of hydrogen-bond donors (Lipinski definition) is 4. The van der Waals surface area contributed by atoms with Crippen molar-refractivity contribution < 1.29 is 41.1 Å². The van der Waals surface area contributed by atoms with Crippen molar-refractivity contribution in [1.29, 1.82) is 0 Å². The van der Waals surface area contributed by atoms with Crippen LogP contribution in [0.4, 0.5) is 13.6 Å². The van der Waals surface area contributed by atoms with Gasteiger partial charge in [-0.25, -0.2) is 26.8 Å². The first-order valence-electron chi connectivity index (χ1n) is 14.4. The van der Waals surface area contributed by atoms with E-state index in [4.69, 9.17) is 15.2 Å². The van der Waals surface area contributed by atoms with E-state index in [1.165, 1.54) is 6.92 Å². The van der Waals surface area contributed by atoms with E-state index < -0.39 is 62.7 Å². The standard InChI is InChI=1S/C28H44F2N4O7S/c1-4-6-23(7-5-2)42(38,39)17-25(34-28(37)40-11-10-32-18(3)35)27(36)41-26(16-33-22-8-9-22)24(31)14-19-12-20(29)15-21(30)13-19/h12-13,15,22-26,33H,4-11,14,16-17,31H2,1-3H3,(H,32,35)(H,34,37)/t24-,25+,26+/m0/s1. The van der Waals surface area contributed by atoms with E-state index in [0.717, 1.165) is 31.0 Å². The van der Waals surface area contributed by atoms with Crippen LogP contribution in [0.1, 0.15) is 64.9 Å². The Morgan fingerprint density at radius 3 is 2.24 bits per heavy atom. The molecule has 0 unspecified atom stereocenters. The van der Waals surface area contributed by atoms with E-state index >= 15 is 0 Å². The van der Waals surface area contributed by atoms with E-state index in [1.54, 1.807) is 0 Å². The Hall–Kier alpha value is -2.84. The molecule has 1 fully saturated rings. The second-order valence-corrected chi connectivity index (χ2v) is 13.0. The number of alkyl carbamates (subject to hydrolysis) is 1. The summed E-state index contributed by atoms with van der Waals surface area (Å²) in [5.74, 6) is -3.63. The average molecular weight is 619 g/mol. The molecule has 5 N–H and O–H groups in total. The molecule has 11 nitrogen and oxygen atoms in total. The molecule has 1 aliphatic rings. The molecular formula is C28H44F2N4O7S. The fourth-order valence-corrected chi connectivity index (χ4v) is 6.60. The molecule has 0 aromatic heterocycles. The van der Waals surface area contributed by atoms with E-state index in [9.17, 15) is 31.6 Å². The highest BCUT2D eigenvalue weighted by molar-refractivity contribution is 7.92. The Morgan fingerprint density at radius 2 is 1.69 bits per heavy atom. The summed E-state index contributed by atoms with van der Waals surface area (Å²) in [4.78, 5) is 37.0. The highest BCUT2D eigenvalue weighted by Gasteiger charge is 2.36. The average Bonchev–Trinajstić information content (AvgIpc) is 3.72. The van der Waals surface area contributed by atoms with E-state index in [1.807, 2.05) is 13.8 Å². The molecule has 0 radical (unpaired) electrons. The second-order valence-electron chi connectivity index (χ2n) is 10.6. The van der Waals surface area contributed by atoms with Crippen molar-refractivity contribution in [3.05, 3.63) is 35.4 Å². The molecule has 2 rings (SSSR count). The molecule has 3 atom stereocenters. The molecule has 0 spiro atoms. The van der Waals surface area contributed by atoms with Crippen molar-refractivity contribution in [3.8, 4) is 0 Å². The Morgan fingerprint density at radius 1 is 1.07 bits per heavy atom. The topological polar surface area (TPSA) is 166 Å². The number of sulfone groups is 1. The van der Waals surface area contributed by atoms with Crippen LogP contribution in [0.15, 0.2) is 18.2 Å². The van der Waals surface area contributed by atoms with Gasteiger partial charge in [-0.3, -0.25) is 4.79 Å². The number of carbonyl (C=O) groups excluding carboxylic acids is 3. The number of nitrogens with two attached hydrogens (primary N) is 1. The van der Waals surface area contributed by atoms with Gasteiger partial charge in [0.05, 0.1) is 17.5 Å². The third kappa shape index (κ3) is 13.0. The summed E-state index contributed by atoms with van der Waals surface area (Å²) < 4.78 is 64.9. The minimum atomic E-state index is -3.86. The van der Waals surface area contributed by atoms with Gasteiger partial charge in [-0.2, -0.15) is 0 Å². The Balaban J connectivity index is 2.23. The number of benzene rings is 1. The minimum Gasteiger partial charge on any atom is -0.458 e. The lowest BCUT2D eigenvalue weighted by molar-refractivity contribution is -0.151. The molecule has 14 heteroatoms. The van der Waals surface area contributed by atoms with Crippen LogP contribution in [-0.4, -0.2) is 81.3 Å². The van der Waals surface area contributed by atoms with Crippen LogP contribution in [0.3, 0.4) is 0 Å². The van der Waals surface area contributed by atoms with Crippen molar-refractivity contribution >= 4 is 27.8 Å². The van der Waals surface area contributed by atoms with Crippen LogP contribution in [0.5, 0.6) is 0 Å². The summed E-state index contributed by atoms with van der Waals surface area (Å²) in [6.45, 7) is 4.94. The largest absolute Gasteiger partial charge is 0.458 e. The summed E-state index contributed by atoms with van der Waals surface area (Å²) in [5, 5.41) is 7.25. The van der Waals surface area contributed by atoms with Crippen LogP contribution < -0.4 is 21.7 Å². The highest BCUT2D eigenvalue weighted by atomic mass is 32.2. The van der Waals surface area contributed by atoms with Crippen LogP contribution in [-0.2, 0) is 35.3 Å². The van der Waals surface area contributed by atoms with Gasteiger partial charge in [-0.1, -0.05) is 26.7 Å². The molecule has 2 amide bonds. The lowest BCUT2D eigenvalue weighted by Crippen LogP contribution is -2.52. The van der Waals surface area contributed by atoms with Crippen LogP contribution in [0, 0.1) is 11.6 Å². The van der Waals surface area contributed by atoms with Crippen LogP contribution >= 0.6 is 0 Å². The molecule has 1 aliphatic carbocycles. The number of amides is 2. The molecule has 0 saturated heterocycles. The third-order valence-electron chi connectivity index (χ3n) is 6.74. The van der Waals surface area contributed by atoms with Gasteiger partial charge in [0.2, 0.25) is 5.91 Å². The smallest absolute Gasteiger partial charge is 0.407 e. The number of carbonyl (C=O) groups is 3. The number of halogens is 2. The summed E-state index contributed by atoms with van der Waals surface area (Å²) in [7, 11) is -3.86. The van der Waals surface area contributed by atoms with Gasteiger partial charge in [0.25, 0.3) is 0 Å². The number of hydrogen-bond acceptors (Lipinski definition) is 9. The van der Waals surface area contributed by atoms with E-state index in [2.05, 4.69) is 16.0 Å². The molecule has 0 bridgehead atoms. The van der Waals surface area contributed by atoms with Crippen molar-refractivity contribution in [1.82, 2.24) is 16.0 Å². The summed E-state index contributed by atoms with van der Waals surface area (Å²) >= 11 is 0. The summed E-state index contributed by atoms with van der Waals surface area (Å²) in [6, 6.07) is 0.689. The first-order valence-corrected chi connectivity index (χ1v) is 16.1. The molecule has 42 heavy (non-hydrogen) atoms. The van der Waals surface area contributed by atoms with Gasteiger partial charge in [-0.15, -0.1) is 0 Å². The van der Waals surface area contributed by atoms with Gasteiger partial charge in [0, 0.05) is 31.6 Å². The minimum absolute atomic E-state index is 0.0235. The van der Waals surface area contributed by atoms with Gasteiger partial charge in [0.15, 0.2) is 9.84 Å². The summed E-state index contributed by atoms with van der Waals surface area (Å²) in [5.41, 5.74) is 6.60. The van der Waals surface area contributed by atoms with Crippen LogP contribution in [0.25, 0.3) is 0 Å². The quantitative estimate of drug-likeness (QED) is 0.134. The first kappa shape index (κ1) is 35.4. The highest BCUT2D eigenvalue weighted by Crippen LogP contribution is 2.20. The first-order chi connectivity index (χ1) is 19.8. The zero-order chi connectivity index (χ0) is 31.3. The molecule has 238 valence electrons. The maximum absolute atomic E-state index is 13.8. The zero-order valence-electron chi connectivity index (χ0n) is 24.5. The van der Waals surface area contributed by atoms with Gasteiger partial charge >= 0.3 is 12.1 Å². The zero-order valence-corrected chi connectivity index (χ0v) is 25.3. The maximum Gasteiger partial charge on any atom is 0.407 e. The van der Waals surface area contributed by atoms with E-state index in [0.29, 0.717) is 25.7 Å². The molecule has 1 saturated carbocycles. The Labute approximate surface area is 246 Å². The van der Waals surface area contributed by atoms with Crippen molar-refractivity contribution in [2.24, 2.45) is 5.73 Å². The predicted molar refractivity (Wildman–Crippen MR) is 153 cm³/mol. The monoisotopic (exact) mass is 618 g/mol. The van der Waals surface area contributed by atoms with Crippen molar-refractivity contribution in [2.45, 2.75) is 95.2 Å². The van der Waals surface area contributed by atoms with Crippen molar-refractivity contribution in [2.75, 3.05) is 25.4 Å². The normalized spacial score (nSPS) is 15.5. The fraction of sp³-hybridized carbons (Fsp3) is 0.679. The number of esters is 1. The molecule has 1 aromatic carbocycles. The number of rotatable bonds is 19. The van der Waals surface area contributed by atoms with Gasteiger partial charge in [0.1, 0.15) is 30.4 Å². The lowest BCUT2D eigenvalue weighted by atomic mass is 10.0. The number of nitrogens with one attached hydrogen (secondary N) is 3. The molecule has 0 aliphatic heterocycles. The predicted octanol–water partition coefficient (Wildman–Crippen LogP) is 2.11. The third-order valence-corrected chi connectivity index (χ3v) is 9.02.